The second kappa shape index (κ2) is 4.46. The number of rotatable bonds is 3. The molecule has 14 heavy (non-hydrogen) atoms. The maximum atomic E-state index is 11.0. The van der Waals surface area contributed by atoms with Gasteiger partial charge in [0, 0.05) is 12.0 Å². The standard InChI is InChI=1S/C11H12O3/c1-8(11(13)14-2)6-9-4-3-5-10(12)7-9/h3-5,7,12H,1,6H2,2H3. The van der Waals surface area contributed by atoms with Gasteiger partial charge < -0.3 is 9.84 Å². The van der Waals surface area contributed by atoms with E-state index in [1.54, 1.807) is 18.2 Å². The van der Waals surface area contributed by atoms with Crippen LogP contribution in [0, 0.1) is 0 Å². The van der Waals surface area contributed by atoms with Gasteiger partial charge >= 0.3 is 5.97 Å². The molecular formula is C11H12O3. The summed E-state index contributed by atoms with van der Waals surface area (Å²) in [6, 6.07) is 6.70. The van der Waals surface area contributed by atoms with Gasteiger partial charge in [-0.2, -0.15) is 0 Å². The summed E-state index contributed by atoms with van der Waals surface area (Å²) in [6.45, 7) is 3.59. The lowest BCUT2D eigenvalue weighted by Crippen LogP contribution is -2.05. The van der Waals surface area contributed by atoms with Crippen LogP contribution >= 0.6 is 0 Å². The van der Waals surface area contributed by atoms with Crippen LogP contribution in [0.15, 0.2) is 36.4 Å². The predicted molar refractivity (Wildman–Crippen MR) is 53.0 cm³/mol. The van der Waals surface area contributed by atoms with Crippen molar-refractivity contribution in [1.29, 1.82) is 0 Å². The van der Waals surface area contributed by atoms with Gasteiger partial charge in [-0.05, 0) is 17.7 Å². The third-order valence-electron chi connectivity index (χ3n) is 1.80. The van der Waals surface area contributed by atoms with Gasteiger partial charge in [0.25, 0.3) is 0 Å². The molecule has 0 saturated carbocycles. The number of phenols is 1. The SMILES string of the molecule is C=C(Cc1cccc(O)c1)C(=O)OC. The van der Waals surface area contributed by atoms with E-state index in [-0.39, 0.29) is 5.75 Å². The Morgan fingerprint density at radius 3 is 2.86 bits per heavy atom. The summed E-state index contributed by atoms with van der Waals surface area (Å²) in [7, 11) is 1.32. The second-order valence-electron chi connectivity index (χ2n) is 2.94. The van der Waals surface area contributed by atoms with Crippen molar-refractivity contribution in [1.82, 2.24) is 0 Å². The van der Waals surface area contributed by atoms with Crippen LogP contribution in [0.3, 0.4) is 0 Å². The lowest BCUT2D eigenvalue weighted by atomic mass is 10.1. The lowest BCUT2D eigenvalue weighted by Gasteiger charge is -2.03. The van der Waals surface area contributed by atoms with Gasteiger partial charge in [0.1, 0.15) is 5.75 Å². The number of aromatic hydroxyl groups is 1. The fourth-order valence-electron chi connectivity index (χ4n) is 1.13. The van der Waals surface area contributed by atoms with E-state index in [0.717, 1.165) is 5.56 Å². The number of esters is 1. The third kappa shape index (κ3) is 2.62. The highest BCUT2D eigenvalue weighted by atomic mass is 16.5. The van der Waals surface area contributed by atoms with Crippen LogP contribution < -0.4 is 0 Å². The molecule has 1 N–H and O–H groups in total. The van der Waals surface area contributed by atoms with Crippen LogP contribution in [0.1, 0.15) is 5.56 Å². The third-order valence-corrected chi connectivity index (χ3v) is 1.80. The number of carbonyl (C=O) groups excluding carboxylic acids is 1. The maximum Gasteiger partial charge on any atom is 0.333 e. The molecule has 1 rings (SSSR count). The van der Waals surface area contributed by atoms with E-state index in [4.69, 9.17) is 0 Å². The van der Waals surface area contributed by atoms with E-state index in [9.17, 15) is 9.90 Å². The highest BCUT2D eigenvalue weighted by Crippen LogP contribution is 2.14. The van der Waals surface area contributed by atoms with Gasteiger partial charge in [0.15, 0.2) is 0 Å². The van der Waals surface area contributed by atoms with Crippen LogP contribution in [0.5, 0.6) is 5.75 Å². The first kappa shape index (κ1) is 10.3. The first-order chi connectivity index (χ1) is 6.63. The van der Waals surface area contributed by atoms with Crippen molar-refractivity contribution in [3.63, 3.8) is 0 Å². The van der Waals surface area contributed by atoms with Crippen LogP contribution in [-0.4, -0.2) is 18.2 Å². The first-order valence-corrected chi connectivity index (χ1v) is 4.17. The van der Waals surface area contributed by atoms with E-state index in [2.05, 4.69) is 11.3 Å². The molecule has 3 heteroatoms. The van der Waals surface area contributed by atoms with Crippen molar-refractivity contribution in [2.24, 2.45) is 0 Å². The number of hydrogen-bond acceptors (Lipinski definition) is 3. The minimum atomic E-state index is -0.423. The molecule has 0 heterocycles. The minimum absolute atomic E-state index is 0.181. The number of methoxy groups -OCH3 is 1. The van der Waals surface area contributed by atoms with Crippen molar-refractivity contribution >= 4 is 5.97 Å². The molecular weight excluding hydrogens is 180 g/mol. The molecule has 0 aliphatic carbocycles. The van der Waals surface area contributed by atoms with Gasteiger partial charge in [0.2, 0.25) is 0 Å². The molecule has 0 aromatic heterocycles. The Balaban J connectivity index is 2.70. The largest absolute Gasteiger partial charge is 0.508 e. The summed E-state index contributed by atoms with van der Waals surface area (Å²) < 4.78 is 4.51. The van der Waals surface area contributed by atoms with Gasteiger partial charge in [-0.25, -0.2) is 4.79 Å². The molecule has 0 saturated heterocycles. The molecule has 1 aromatic rings. The number of carbonyl (C=O) groups is 1. The van der Waals surface area contributed by atoms with Crippen molar-refractivity contribution in [2.45, 2.75) is 6.42 Å². The molecule has 0 unspecified atom stereocenters. The van der Waals surface area contributed by atoms with Crippen molar-refractivity contribution in [2.75, 3.05) is 7.11 Å². The lowest BCUT2D eigenvalue weighted by molar-refractivity contribution is -0.136. The quantitative estimate of drug-likeness (QED) is 0.585. The van der Waals surface area contributed by atoms with Crippen LogP contribution in [0.2, 0.25) is 0 Å². The number of phenolic OH excluding ortho intramolecular Hbond substituents is 1. The summed E-state index contributed by atoms with van der Waals surface area (Å²) in [6.07, 6.45) is 0.390. The Hall–Kier alpha value is -1.77. The van der Waals surface area contributed by atoms with Crippen molar-refractivity contribution in [3.05, 3.63) is 42.0 Å². The first-order valence-electron chi connectivity index (χ1n) is 4.17. The molecule has 74 valence electrons. The summed E-state index contributed by atoms with van der Waals surface area (Å²) in [5.41, 5.74) is 1.21. The average molecular weight is 192 g/mol. The molecule has 0 bridgehead atoms. The minimum Gasteiger partial charge on any atom is -0.508 e. The zero-order chi connectivity index (χ0) is 10.6. The summed E-state index contributed by atoms with van der Waals surface area (Å²) in [5, 5.41) is 9.18. The smallest absolute Gasteiger partial charge is 0.333 e. The zero-order valence-corrected chi connectivity index (χ0v) is 7.99. The molecule has 0 atom stereocenters. The Morgan fingerprint density at radius 2 is 2.29 bits per heavy atom. The monoisotopic (exact) mass is 192 g/mol. The molecule has 0 aliphatic rings. The summed E-state index contributed by atoms with van der Waals surface area (Å²) in [4.78, 5) is 11.0. The molecule has 0 fully saturated rings. The number of hydrogen-bond donors (Lipinski definition) is 1. The Labute approximate surface area is 82.6 Å². The highest BCUT2D eigenvalue weighted by molar-refractivity contribution is 5.88. The molecule has 0 amide bonds. The normalized spacial score (nSPS) is 9.50. The van der Waals surface area contributed by atoms with E-state index in [0.29, 0.717) is 12.0 Å². The molecule has 3 nitrogen and oxygen atoms in total. The van der Waals surface area contributed by atoms with E-state index >= 15 is 0 Å². The van der Waals surface area contributed by atoms with E-state index < -0.39 is 5.97 Å². The highest BCUT2D eigenvalue weighted by Gasteiger charge is 2.07. The topological polar surface area (TPSA) is 46.5 Å². The number of ether oxygens (including phenoxy) is 1. The van der Waals surface area contributed by atoms with Gasteiger partial charge in [-0.15, -0.1) is 0 Å². The molecule has 0 aliphatic heterocycles. The van der Waals surface area contributed by atoms with Crippen molar-refractivity contribution < 1.29 is 14.6 Å². The van der Waals surface area contributed by atoms with Crippen molar-refractivity contribution in [3.8, 4) is 5.75 Å². The second-order valence-corrected chi connectivity index (χ2v) is 2.94. The number of benzene rings is 1. The molecule has 0 spiro atoms. The zero-order valence-electron chi connectivity index (χ0n) is 7.99. The Morgan fingerprint density at radius 1 is 1.57 bits per heavy atom. The Kier molecular flexibility index (Phi) is 3.29. The van der Waals surface area contributed by atoms with Gasteiger partial charge in [-0.1, -0.05) is 18.7 Å². The average Bonchev–Trinajstić information content (AvgIpc) is 2.16. The fraction of sp³-hybridized carbons (Fsp3) is 0.182. The van der Waals surface area contributed by atoms with Gasteiger partial charge in [0.05, 0.1) is 7.11 Å². The molecule has 1 aromatic carbocycles. The maximum absolute atomic E-state index is 11.0. The summed E-state index contributed by atoms with van der Waals surface area (Å²) >= 11 is 0. The van der Waals surface area contributed by atoms with E-state index in [1.165, 1.54) is 7.11 Å². The summed E-state index contributed by atoms with van der Waals surface area (Å²) in [5.74, 6) is -0.242. The molecule has 0 radical (unpaired) electrons. The van der Waals surface area contributed by atoms with Crippen LogP contribution in [0.4, 0.5) is 0 Å². The van der Waals surface area contributed by atoms with E-state index in [1.807, 2.05) is 6.07 Å². The van der Waals surface area contributed by atoms with Gasteiger partial charge in [-0.3, -0.25) is 0 Å². The van der Waals surface area contributed by atoms with Crippen LogP contribution in [-0.2, 0) is 16.0 Å². The van der Waals surface area contributed by atoms with Crippen LogP contribution in [0.25, 0.3) is 0 Å². The fourth-order valence-corrected chi connectivity index (χ4v) is 1.13. The predicted octanol–water partition coefficient (Wildman–Crippen LogP) is 1.66. The Bertz CT molecular complexity index is 355.